The first-order chi connectivity index (χ1) is 11.8. The second-order valence-corrected chi connectivity index (χ2v) is 6.87. The number of nitrogens with zero attached hydrogens (tertiary/aromatic N) is 3. The maximum absolute atomic E-state index is 13.0. The van der Waals surface area contributed by atoms with E-state index in [4.69, 9.17) is 4.42 Å². The van der Waals surface area contributed by atoms with Crippen molar-refractivity contribution >= 4 is 11.8 Å². The van der Waals surface area contributed by atoms with Crippen LogP contribution in [0, 0.1) is 5.82 Å². The fourth-order valence-electron chi connectivity index (χ4n) is 2.94. The Labute approximate surface area is 143 Å². The van der Waals surface area contributed by atoms with E-state index in [1.165, 1.54) is 49.6 Å². The third-order valence-electron chi connectivity index (χ3n) is 4.22. The van der Waals surface area contributed by atoms with Crippen LogP contribution in [0.4, 0.5) is 4.39 Å². The highest BCUT2D eigenvalue weighted by Crippen LogP contribution is 2.33. The van der Waals surface area contributed by atoms with E-state index in [1.54, 1.807) is 18.4 Å². The normalized spacial score (nSPS) is 15.2. The number of aromatic amines is 1. The summed E-state index contributed by atoms with van der Waals surface area (Å²) in [5.74, 6) is 2.38. The van der Waals surface area contributed by atoms with Crippen molar-refractivity contribution in [2.45, 2.75) is 42.5 Å². The van der Waals surface area contributed by atoms with Crippen LogP contribution in [0.2, 0.25) is 0 Å². The molecule has 124 valence electrons. The molecule has 5 nitrogen and oxygen atoms in total. The lowest BCUT2D eigenvalue weighted by Crippen LogP contribution is -1.94. The molecule has 1 saturated carbocycles. The van der Waals surface area contributed by atoms with E-state index in [1.807, 2.05) is 0 Å². The average molecular weight is 344 g/mol. The SMILES string of the molecule is Fc1ccc(-c2nc(CSc3n[nH]c(C4CCCC4)n3)co2)cc1. The summed E-state index contributed by atoms with van der Waals surface area (Å²) in [7, 11) is 0. The number of oxazole rings is 1. The summed E-state index contributed by atoms with van der Waals surface area (Å²) in [5.41, 5.74) is 1.57. The molecule has 0 amide bonds. The van der Waals surface area contributed by atoms with Crippen LogP contribution in [0.5, 0.6) is 0 Å². The minimum atomic E-state index is -0.274. The Morgan fingerprint density at radius 3 is 2.75 bits per heavy atom. The lowest BCUT2D eigenvalue weighted by Gasteiger charge is -2.01. The summed E-state index contributed by atoms with van der Waals surface area (Å²) in [6.45, 7) is 0. The quantitative estimate of drug-likeness (QED) is 0.688. The summed E-state index contributed by atoms with van der Waals surface area (Å²) >= 11 is 1.53. The molecule has 0 radical (unpaired) electrons. The number of hydrogen-bond donors (Lipinski definition) is 1. The van der Waals surface area contributed by atoms with Crippen LogP contribution in [0.1, 0.15) is 43.1 Å². The van der Waals surface area contributed by atoms with Crippen molar-refractivity contribution in [3.63, 3.8) is 0 Å². The van der Waals surface area contributed by atoms with Crippen LogP contribution >= 0.6 is 11.8 Å². The molecule has 0 aliphatic heterocycles. The van der Waals surface area contributed by atoms with E-state index >= 15 is 0 Å². The van der Waals surface area contributed by atoms with Gasteiger partial charge in [-0.15, -0.1) is 5.10 Å². The smallest absolute Gasteiger partial charge is 0.226 e. The molecule has 0 saturated heterocycles. The van der Waals surface area contributed by atoms with E-state index in [0.29, 0.717) is 17.6 Å². The van der Waals surface area contributed by atoms with Gasteiger partial charge in [-0.25, -0.2) is 14.4 Å². The van der Waals surface area contributed by atoms with Gasteiger partial charge >= 0.3 is 0 Å². The van der Waals surface area contributed by atoms with Gasteiger partial charge in [-0.2, -0.15) is 0 Å². The topological polar surface area (TPSA) is 67.6 Å². The minimum Gasteiger partial charge on any atom is -0.444 e. The number of benzene rings is 1. The lowest BCUT2D eigenvalue weighted by atomic mass is 10.1. The molecule has 24 heavy (non-hydrogen) atoms. The Morgan fingerprint density at radius 2 is 1.96 bits per heavy atom. The molecule has 2 aromatic heterocycles. The predicted octanol–water partition coefficient (Wildman–Crippen LogP) is 4.55. The Kier molecular flexibility index (Phi) is 4.34. The summed E-state index contributed by atoms with van der Waals surface area (Å²) in [4.78, 5) is 9.01. The van der Waals surface area contributed by atoms with Gasteiger partial charge in [-0.1, -0.05) is 24.6 Å². The van der Waals surface area contributed by atoms with Gasteiger partial charge in [0.25, 0.3) is 0 Å². The van der Waals surface area contributed by atoms with Gasteiger partial charge in [-0.05, 0) is 37.1 Å². The number of aromatic nitrogens is 4. The van der Waals surface area contributed by atoms with Crippen molar-refractivity contribution in [2.24, 2.45) is 0 Å². The number of halogens is 1. The zero-order valence-corrected chi connectivity index (χ0v) is 13.9. The first-order valence-corrected chi connectivity index (χ1v) is 9.02. The van der Waals surface area contributed by atoms with Crippen LogP contribution in [0.15, 0.2) is 40.1 Å². The largest absolute Gasteiger partial charge is 0.444 e. The zero-order valence-electron chi connectivity index (χ0n) is 13.0. The number of thioether (sulfide) groups is 1. The van der Waals surface area contributed by atoms with Gasteiger partial charge in [0.05, 0.1) is 5.69 Å². The van der Waals surface area contributed by atoms with Crippen molar-refractivity contribution < 1.29 is 8.81 Å². The van der Waals surface area contributed by atoms with E-state index in [0.717, 1.165) is 22.2 Å². The van der Waals surface area contributed by atoms with E-state index < -0.39 is 0 Å². The molecule has 1 aromatic carbocycles. The Bertz CT molecular complexity index is 808. The summed E-state index contributed by atoms with van der Waals surface area (Å²) in [6.07, 6.45) is 6.57. The maximum atomic E-state index is 13.0. The van der Waals surface area contributed by atoms with Gasteiger partial charge in [-0.3, -0.25) is 5.10 Å². The number of nitrogens with one attached hydrogen (secondary N) is 1. The molecule has 3 aromatic rings. The minimum absolute atomic E-state index is 0.274. The van der Waals surface area contributed by atoms with Crippen LogP contribution in [-0.4, -0.2) is 20.2 Å². The van der Waals surface area contributed by atoms with Gasteiger partial charge in [0.1, 0.15) is 17.9 Å². The monoisotopic (exact) mass is 344 g/mol. The predicted molar refractivity (Wildman–Crippen MR) is 89.0 cm³/mol. The van der Waals surface area contributed by atoms with E-state index in [-0.39, 0.29) is 5.82 Å². The maximum Gasteiger partial charge on any atom is 0.226 e. The molecule has 2 heterocycles. The van der Waals surface area contributed by atoms with Crippen LogP contribution < -0.4 is 0 Å². The molecular formula is C17H17FN4OS. The molecule has 7 heteroatoms. The molecule has 1 aliphatic rings. The molecular weight excluding hydrogens is 327 g/mol. The molecule has 1 N–H and O–H groups in total. The third-order valence-corrected chi connectivity index (χ3v) is 5.10. The van der Waals surface area contributed by atoms with Gasteiger partial charge in [0, 0.05) is 17.2 Å². The molecule has 1 aliphatic carbocycles. The van der Waals surface area contributed by atoms with Gasteiger partial charge in [0.2, 0.25) is 11.0 Å². The lowest BCUT2D eigenvalue weighted by molar-refractivity contribution is 0.573. The standard InChI is InChI=1S/C17H17FN4OS/c18-13-7-5-12(6-8-13)16-19-14(9-23-16)10-24-17-20-15(21-22-17)11-3-1-2-4-11/h5-9,11H,1-4,10H2,(H,20,21,22). The summed E-state index contributed by atoms with van der Waals surface area (Å²) < 4.78 is 18.4. The number of rotatable bonds is 5. The molecule has 4 rings (SSSR count). The highest BCUT2D eigenvalue weighted by atomic mass is 32.2. The third kappa shape index (κ3) is 3.36. The molecule has 0 unspecified atom stereocenters. The highest BCUT2D eigenvalue weighted by molar-refractivity contribution is 7.98. The second kappa shape index (κ2) is 6.76. The molecule has 0 bridgehead atoms. The molecule has 1 fully saturated rings. The first kappa shape index (κ1) is 15.4. The number of hydrogen-bond acceptors (Lipinski definition) is 5. The van der Waals surface area contributed by atoms with Crippen molar-refractivity contribution in [3.8, 4) is 11.5 Å². The highest BCUT2D eigenvalue weighted by Gasteiger charge is 2.20. The Balaban J connectivity index is 1.38. The summed E-state index contributed by atoms with van der Waals surface area (Å²) in [6, 6.07) is 6.10. The second-order valence-electron chi connectivity index (χ2n) is 5.92. The van der Waals surface area contributed by atoms with Crippen molar-refractivity contribution in [1.82, 2.24) is 20.2 Å². The van der Waals surface area contributed by atoms with Crippen LogP contribution in [0.3, 0.4) is 0 Å². The Morgan fingerprint density at radius 1 is 1.17 bits per heavy atom. The first-order valence-electron chi connectivity index (χ1n) is 8.03. The summed E-state index contributed by atoms with van der Waals surface area (Å²) in [5, 5.41) is 8.08. The van der Waals surface area contributed by atoms with E-state index in [9.17, 15) is 4.39 Å². The number of H-pyrrole nitrogens is 1. The van der Waals surface area contributed by atoms with Crippen molar-refractivity contribution in [2.75, 3.05) is 0 Å². The fraction of sp³-hybridized carbons (Fsp3) is 0.353. The zero-order chi connectivity index (χ0) is 16.4. The molecule has 0 spiro atoms. The van der Waals surface area contributed by atoms with Crippen LogP contribution in [0.25, 0.3) is 11.5 Å². The van der Waals surface area contributed by atoms with Crippen molar-refractivity contribution in [3.05, 3.63) is 47.9 Å². The van der Waals surface area contributed by atoms with Gasteiger partial charge in [0.15, 0.2) is 0 Å². The van der Waals surface area contributed by atoms with Crippen molar-refractivity contribution in [1.29, 1.82) is 0 Å². The van der Waals surface area contributed by atoms with Gasteiger partial charge < -0.3 is 4.42 Å². The van der Waals surface area contributed by atoms with E-state index in [2.05, 4.69) is 20.2 Å². The fourth-order valence-corrected chi connectivity index (χ4v) is 3.62. The average Bonchev–Trinajstić information content (AvgIpc) is 3.34. The molecule has 0 atom stereocenters. The van der Waals surface area contributed by atoms with Crippen LogP contribution in [-0.2, 0) is 5.75 Å². The Hall–Kier alpha value is -2.15.